The Bertz CT molecular complexity index is 899. The summed E-state index contributed by atoms with van der Waals surface area (Å²) >= 11 is 6.20. The minimum atomic E-state index is 0.00246. The van der Waals surface area contributed by atoms with Crippen molar-refractivity contribution in [1.29, 1.82) is 0 Å². The molecule has 0 bridgehead atoms. The van der Waals surface area contributed by atoms with Crippen LogP contribution < -0.4 is 5.43 Å². The molecule has 0 fully saturated rings. The summed E-state index contributed by atoms with van der Waals surface area (Å²) in [7, 11) is 4.06. The molecule has 2 aromatic heterocycles. The Hall–Kier alpha value is -2.11. The van der Waals surface area contributed by atoms with Gasteiger partial charge in [-0.1, -0.05) is 17.7 Å². The maximum absolute atomic E-state index is 12.2. The zero-order valence-corrected chi connectivity index (χ0v) is 14.7. The third-order valence-corrected chi connectivity index (χ3v) is 4.49. The molecule has 5 nitrogen and oxygen atoms in total. The van der Waals surface area contributed by atoms with Crippen molar-refractivity contribution in [2.75, 3.05) is 13.6 Å². The second kappa shape index (κ2) is 7.20. The number of rotatable bonds is 6. The number of pyridine rings is 1. The predicted octanol–water partition coefficient (Wildman–Crippen LogP) is 2.98. The lowest BCUT2D eigenvalue weighted by atomic mass is 10.2. The highest BCUT2D eigenvalue weighted by Gasteiger charge is 2.08. The van der Waals surface area contributed by atoms with E-state index >= 15 is 0 Å². The molecule has 24 heavy (non-hydrogen) atoms. The van der Waals surface area contributed by atoms with Crippen LogP contribution in [0, 0.1) is 0 Å². The van der Waals surface area contributed by atoms with Crippen molar-refractivity contribution in [3.05, 3.63) is 63.4 Å². The van der Waals surface area contributed by atoms with E-state index in [0.29, 0.717) is 22.5 Å². The number of nitrogens with one attached hydrogen (secondary N) is 1. The van der Waals surface area contributed by atoms with Crippen LogP contribution in [-0.4, -0.2) is 33.0 Å². The molecule has 1 aromatic carbocycles. The van der Waals surface area contributed by atoms with Crippen molar-refractivity contribution < 1.29 is 0 Å². The lowest BCUT2D eigenvalue weighted by Gasteiger charge is -2.17. The molecule has 0 radical (unpaired) electrons. The first kappa shape index (κ1) is 16.7. The van der Waals surface area contributed by atoms with Crippen LogP contribution in [0.25, 0.3) is 10.9 Å². The number of aromatic nitrogens is 3. The molecule has 0 aliphatic heterocycles. The van der Waals surface area contributed by atoms with Gasteiger partial charge < -0.3 is 14.5 Å². The van der Waals surface area contributed by atoms with Crippen LogP contribution in [0.4, 0.5) is 0 Å². The number of nitrogens with zero attached hydrogens (tertiary/aromatic N) is 3. The molecule has 0 aliphatic rings. The number of hydrogen-bond acceptors (Lipinski definition) is 3. The summed E-state index contributed by atoms with van der Waals surface area (Å²) in [5.74, 6) is 1.09. The molecule has 0 saturated heterocycles. The van der Waals surface area contributed by atoms with Gasteiger partial charge in [-0.2, -0.15) is 0 Å². The molecular formula is C18H21ClN4O. The van der Waals surface area contributed by atoms with Gasteiger partial charge >= 0.3 is 0 Å². The third kappa shape index (κ3) is 3.68. The summed E-state index contributed by atoms with van der Waals surface area (Å²) in [6, 6.07) is 7.04. The fourth-order valence-electron chi connectivity index (χ4n) is 2.89. The summed E-state index contributed by atoms with van der Waals surface area (Å²) in [5.41, 5.74) is 1.59. The molecule has 3 rings (SSSR count). The minimum absolute atomic E-state index is 0.00246. The molecule has 126 valence electrons. The predicted molar refractivity (Wildman–Crippen MR) is 97.4 cm³/mol. The average molecular weight is 345 g/mol. The zero-order chi connectivity index (χ0) is 17.1. The second-order valence-corrected chi connectivity index (χ2v) is 6.52. The van der Waals surface area contributed by atoms with Crippen LogP contribution in [0.15, 0.2) is 41.5 Å². The largest absolute Gasteiger partial charge is 0.356 e. The molecule has 6 heteroatoms. The van der Waals surface area contributed by atoms with Gasteiger partial charge in [-0.3, -0.25) is 4.79 Å². The van der Waals surface area contributed by atoms with E-state index in [1.807, 2.05) is 31.1 Å². The monoisotopic (exact) mass is 344 g/mol. The molecular weight excluding hydrogens is 324 g/mol. The number of benzene rings is 1. The number of H-pyrrole nitrogens is 1. The van der Waals surface area contributed by atoms with E-state index in [1.165, 1.54) is 0 Å². The van der Waals surface area contributed by atoms with Gasteiger partial charge in [0, 0.05) is 49.6 Å². The van der Waals surface area contributed by atoms with Gasteiger partial charge in [0.2, 0.25) is 0 Å². The standard InChI is InChI=1S/C18H21ClN4O/c1-22(9-4-7-17-20-8-10-23(17)2)12-13-11-16(24)14-5-3-6-15(19)18(14)21-13/h3,5-6,8,10-11H,4,7,9,12H2,1-2H3,(H,21,24). The van der Waals surface area contributed by atoms with E-state index in [1.54, 1.807) is 24.3 Å². The second-order valence-electron chi connectivity index (χ2n) is 6.12. The SMILES string of the molecule is CN(CCCc1nccn1C)Cc1cc(=O)c2cccc(Cl)c2[nH]1. The molecule has 0 atom stereocenters. The first-order chi connectivity index (χ1) is 11.5. The lowest BCUT2D eigenvalue weighted by molar-refractivity contribution is 0.317. The van der Waals surface area contributed by atoms with Crippen molar-refractivity contribution >= 4 is 22.5 Å². The minimum Gasteiger partial charge on any atom is -0.356 e. The topological polar surface area (TPSA) is 53.9 Å². The Morgan fingerprint density at radius 2 is 2.21 bits per heavy atom. The Morgan fingerprint density at radius 3 is 2.96 bits per heavy atom. The number of hydrogen-bond donors (Lipinski definition) is 1. The fourth-order valence-corrected chi connectivity index (χ4v) is 3.11. The Balaban J connectivity index is 1.65. The van der Waals surface area contributed by atoms with Gasteiger partial charge in [-0.05, 0) is 32.1 Å². The first-order valence-electron chi connectivity index (χ1n) is 8.00. The van der Waals surface area contributed by atoms with Crippen molar-refractivity contribution in [3.63, 3.8) is 0 Å². The Morgan fingerprint density at radius 1 is 1.38 bits per heavy atom. The van der Waals surface area contributed by atoms with Crippen molar-refractivity contribution in [2.45, 2.75) is 19.4 Å². The normalized spacial score (nSPS) is 11.5. The van der Waals surface area contributed by atoms with Crippen LogP contribution in [0.3, 0.4) is 0 Å². The molecule has 0 amide bonds. The number of aryl methyl sites for hydroxylation is 2. The molecule has 3 aromatic rings. The summed E-state index contributed by atoms with van der Waals surface area (Å²) in [6.45, 7) is 1.60. The van der Waals surface area contributed by atoms with Crippen LogP contribution in [0.2, 0.25) is 5.02 Å². The number of para-hydroxylation sites is 1. The number of imidazole rings is 1. The third-order valence-electron chi connectivity index (χ3n) is 4.17. The smallest absolute Gasteiger partial charge is 0.189 e. The molecule has 0 spiro atoms. The van der Waals surface area contributed by atoms with Gasteiger partial charge in [0.15, 0.2) is 5.43 Å². The van der Waals surface area contributed by atoms with E-state index in [4.69, 9.17) is 11.6 Å². The summed E-state index contributed by atoms with van der Waals surface area (Å²) < 4.78 is 2.04. The number of fused-ring (bicyclic) bond motifs is 1. The van der Waals surface area contributed by atoms with Crippen LogP contribution >= 0.6 is 11.6 Å². The van der Waals surface area contributed by atoms with Crippen LogP contribution in [-0.2, 0) is 20.0 Å². The average Bonchev–Trinajstić information content (AvgIpc) is 2.94. The highest BCUT2D eigenvalue weighted by atomic mass is 35.5. The van der Waals surface area contributed by atoms with Gasteiger partial charge in [0.1, 0.15) is 5.82 Å². The van der Waals surface area contributed by atoms with E-state index in [9.17, 15) is 4.79 Å². The first-order valence-corrected chi connectivity index (χ1v) is 8.37. The highest BCUT2D eigenvalue weighted by Crippen LogP contribution is 2.19. The van der Waals surface area contributed by atoms with Crippen molar-refractivity contribution in [3.8, 4) is 0 Å². The van der Waals surface area contributed by atoms with E-state index < -0.39 is 0 Å². The van der Waals surface area contributed by atoms with Gasteiger partial charge in [-0.15, -0.1) is 0 Å². The Labute approximate surface area is 145 Å². The van der Waals surface area contributed by atoms with Gasteiger partial charge in [0.05, 0.1) is 10.5 Å². The van der Waals surface area contributed by atoms with E-state index in [2.05, 4.69) is 14.9 Å². The highest BCUT2D eigenvalue weighted by molar-refractivity contribution is 6.35. The maximum atomic E-state index is 12.2. The molecule has 0 saturated carbocycles. The Kier molecular flexibility index (Phi) is 5.02. The lowest BCUT2D eigenvalue weighted by Crippen LogP contribution is -2.21. The van der Waals surface area contributed by atoms with Gasteiger partial charge in [0.25, 0.3) is 0 Å². The van der Waals surface area contributed by atoms with Crippen molar-refractivity contribution in [2.24, 2.45) is 7.05 Å². The van der Waals surface area contributed by atoms with Crippen molar-refractivity contribution in [1.82, 2.24) is 19.4 Å². The molecule has 0 aliphatic carbocycles. The molecule has 0 unspecified atom stereocenters. The number of aromatic amines is 1. The summed E-state index contributed by atoms with van der Waals surface area (Å²) in [5, 5.41) is 1.20. The summed E-state index contributed by atoms with van der Waals surface area (Å²) in [6.07, 6.45) is 5.74. The quantitative estimate of drug-likeness (QED) is 0.748. The van der Waals surface area contributed by atoms with Crippen LogP contribution in [0.5, 0.6) is 0 Å². The van der Waals surface area contributed by atoms with E-state index in [0.717, 1.165) is 30.9 Å². The maximum Gasteiger partial charge on any atom is 0.189 e. The van der Waals surface area contributed by atoms with Crippen LogP contribution in [0.1, 0.15) is 17.9 Å². The zero-order valence-electron chi connectivity index (χ0n) is 13.9. The fraction of sp³-hybridized carbons (Fsp3) is 0.333. The number of halogens is 1. The molecule has 2 heterocycles. The van der Waals surface area contributed by atoms with E-state index in [-0.39, 0.29) is 5.43 Å². The molecule has 1 N–H and O–H groups in total. The van der Waals surface area contributed by atoms with Gasteiger partial charge in [-0.25, -0.2) is 4.98 Å². The summed E-state index contributed by atoms with van der Waals surface area (Å²) in [4.78, 5) is 22.0.